The van der Waals surface area contributed by atoms with Crippen LogP contribution in [0.25, 0.3) is 0 Å². The lowest BCUT2D eigenvalue weighted by Gasteiger charge is -2.27. The van der Waals surface area contributed by atoms with E-state index in [1.165, 1.54) is 5.56 Å². The lowest BCUT2D eigenvalue weighted by Crippen LogP contribution is -2.34. The van der Waals surface area contributed by atoms with Crippen LogP contribution in [-0.2, 0) is 4.79 Å². The number of carbonyl (C=O) groups excluding carboxylic acids is 1. The standard InChI is InChI=1S/C16H26N2O/c1-12-6-8-14(9-7-12)18-15(19)11-17-10-13(2)16(3,4)5/h6-9,13,17H,10-11H2,1-5H3,(H,18,19). The zero-order valence-electron chi connectivity index (χ0n) is 12.7. The third kappa shape index (κ3) is 5.88. The molecule has 1 amide bonds. The van der Waals surface area contributed by atoms with Gasteiger partial charge in [0.25, 0.3) is 0 Å². The van der Waals surface area contributed by atoms with E-state index < -0.39 is 0 Å². The molecule has 0 aromatic heterocycles. The average molecular weight is 262 g/mol. The summed E-state index contributed by atoms with van der Waals surface area (Å²) in [5.74, 6) is 0.532. The normalized spacial score (nSPS) is 13.1. The van der Waals surface area contributed by atoms with E-state index in [0.29, 0.717) is 12.5 Å². The van der Waals surface area contributed by atoms with Gasteiger partial charge < -0.3 is 10.6 Å². The smallest absolute Gasteiger partial charge is 0.238 e. The minimum Gasteiger partial charge on any atom is -0.325 e. The summed E-state index contributed by atoms with van der Waals surface area (Å²) in [5, 5.41) is 6.09. The molecule has 3 heteroatoms. The number of benzene rings is 1. The molecule has 3 nitrogen and oxygen atoms in total. The summed E-state index contributed by atoms with van der Waals surface area (Å²) < 4.78 is 0. The summed E-state index contributed by atoms with van der Waals surface area (Å²) in [4.78, 5) is 11.8. The molecule has 0 saturated heterocycles. The van der Waals surface area contributed by atoms with Gasteiger partial charge in [-0.1, -0.05) is 45.4 Å². The first kappa shape index (κ1) is 15.7. The topological polar surface area (TPSA) is 41.1 Å². The fourth-order valence-corrected chi connectivity index (χ4v) is 1.55. The Hall–Kier alpha value is -1.35. The van der Waals surface area contributed by atoms with Crippen molar-refractivity contribution < 1.29 is 4.79 Å². The Kier molecular flexibility index (Phi) is 5.55. The molecule has 0 fully saturated rings. The summed E-state index contributed by atoms with van der Waals surface area (Å²) in [7, 11) is 0. The van der Waals surface area contributed by atoms with E-state index in [1.807, 2.05) is 31.2 Å². The van der Waals surface area contributed by atoms with Crippen LogP contribution in [0.4, 0.5) is 5.69 Å². The lowest BCUT2D eigenvalue weighted by molar-refractivity contribution is -0.115. The minimum absolute atomic E-state index is 0.00459. The van der Waals surface area contributed by atoms with Crippen LogP contribution in [0.2, 0.25) is 0 Å². The van der Waals surface area contributed by atoms with Crippen LogP contribution in [0.3, 0.4) is 0 Å². The van der Waals surface area contributed by atoms with Gasteiger partial charge in [0.1, 0.15) is 0 Å². The molecule has 0 heterocycles. The van der Waals surface area contributed by atoms with E-state index in [9.17, 15) is 4.79 Å². The van der Waals surface area contributed by atoms with Crippen LogP contribution < -0.4 is 10.6 Å². The number of anilines is 1. The molecular weight excluding hydrogens is 236 g/mol. The van der Waals surface area contributed by atoms with Crippen molar-refractivity contribution in [3.05, 3.63) is 29.8 Å². The van der Waals surface area contributed by atoms with Crippen molar-refractivity contribution >= 4 is 11.6 Å². The summed E-state index contributed by atoms with van der Waals surface area (Å²) >= 11 is 0. The van der Waals surface area contributed by atoms with Gasteiger partial charge in [-0.25, -0.2) is 0 Å². The first-order valence-electron chi connectivity index (χ1n) is 6.86. The van der Waals surface area contributed by atoms with Crippen LogP contribution in [0.15, 0.2) is 24.3 Å². The van der Waals surface area contributed by atoms with Crippen LogP contribution >= 0.6 is 0 Å². The Balaban J connectivity index is 2.31. The molecular formula is C16H26N2O. The molecule has 0 aliphatic carbocycles. The monoisotopic (exact) mass is 262 g/mol. The predicted molar refractivity (Wildman–Crippen MR) is 81.3 cm³/mol. The van der Waals surface area contributed by atoms with Gasteiger partial charge in [-0.3, -0.25) is 4.79 Å². The zero-order valence-corrected chi connectivity index (χ0v) is 12.7. The highest BCUT2D eigenvalue weighted by atomic mass is 16.1. The maximum absolute atomic E-state index is 11.8. The van der Waals surface area contributed by atoms with Crippen molar-refractivity contribution in [2.75, 3.05) is 18.4 Å². The second-order valence-electron chi connectivity index (χ2n) is 6.31. The van der Waals surface area contributed by atoms with Crippen molar-refractivity contribution in [1.82, 2.24) is 5.32 Å². The van der Waals surface area contributed by atoms with E-state index in [0.717, 1.165) is 12.2 Å². The van der Waals surface area contributed by atoms with E-state index in [-0.39, 0.29) is 11.3 Å². The van der Waals surface area contributed by atoms with Crippen LogP contribution in [0.5, 0.6) is 0 Å². The van der Waals surface area contributed by atoms with E-state index in [1.54, 1.807) is 0 Å². The molecule has 0 radical (unpaired) electrons. The fourth-order valence-electron chi connectivity index (χ4n) is 1.55. The molecule has 0 bridgehead atoms. The third-order valence-corrected chi connectivity index (χ3v) is 3.55. The first-order chi connectivity index (χ1) is 8.79. The molecule has 19 heavy (non-hydrogen) atoms. The summed E-state index contributed by atoms with van der Waals surface area (Å²) in [6.45, 7) is 12.1. The van der Waals surface area contributed by atoms with Gasteiger partial charge in [-0.2, -0.15) is 0 Å². The van der Waals surface area contributed by atoms with Crippen LogP contribution in [0.1, 0.15) is 33.3 Å². The molecule has 1 rings (SSSR count). The predicted octanol–water partition coefficient (Wildman–Crippen LogP) is 3.21. The Morgan fingerprint density at radius 2 is 1.79 bits per heavy atom. The second kappa shape index (κ2) is 6.71. The van der Waals surface area contributed by atoms with Crippen LogP contribution in [0, 0.1) is 18.3 Å². The van der Waals surface area contributed by atoms with Crippen molar-refractivity contribution in [2.45, 2.75) is 34.6 Å². The Morgan fingerprint density at radius 1 is 1.21 bits per heavy atom. The number of hydrogen-bond donors (Lipinski definition) is 2. The van der Waals surface area contributed by atoms with Gasteiger partial charge in [0, 0.05) is 5.69 Å². The van der Waals surface area contributed by atoms with Gasteiger partial charge in [0.15, 0.2) is 0 Å². The molecule has 1 aromatic rings. The Bertz CT molecular complexity index is 404. The molecule has 0 saturated carbocycles. The SMILES string of the molecule is Cc1ccc(NC(=O)CNCC(C)C(C)(C)C)cc1. The molecule has 0 aliphatic rings. The van der Waals surface area contributed by atoms with E-state index in [2.05, 4.69) is 38.3 Å². The van der Waals surface area contributed by atoms with Gasteiger partial charge in [-0.15, -0.1) is 0 Å². The third-order valence-electron chi connectivity index (χ3n) is 3.55. The number of hydrogen-bond acceptors (Lipinski definition) is 2. The summed E-state index contributed by atoms with van der Waals surface area (Å²) in [5.41, 5.74) is 2.30. The zero-order chi connectivity index (χ0) is 14.5. The van der Waals surface area contributed by atoms with Crippen LogP contribution in [-0.4, -0.2) is 19.0 Å². The highest BCUT2D eigenvalue weighted by Crippen LogP contribution is 2.24. The maximum atomic E-state index is 11.8. The molecule has 1 atom stereocenters. The van der Waals surface area contributed by atoms with E-state index >= 15 is 0 Å². The Morgan fingerprint density at radius 3 is 2.32 bits per heavy atom. The van der Waals surface area contributed by atoms with Crippen molar-refractivity contribution in [1.29, 1.82) is 0 Å². The molecule has 1 unspecified atom stereocenters. The van der Waals surface area contributed by atoms with E-state index in [4.69, 9.17) is 0 Å². The number of amides is 1. The molecule has 1 aromatic carbocycles. The van der Waals surface area contributed by atoms with Crippen molar-refractivity contribution in [2.24, 2.45) is 11.3 Å². The molecule has 2 N–H and O–H groups in total. The first-order valence-corrected chi connectivity index (χ1v) is 6.86. The highest BCUT2D eigenvalue weighted by Gasteiger charge is 2.19. The number of aryl methyl sites for hydroxylation is 1. The number of nitrogens with one attached hydrogen (secondary N) is 2. The van der Waals surface area contributed by atoms with Crippen molar-refractivity contribution in [3.63, 3.8) is 0 Å². The van der Waals surface area contributed by atoms with Gasteiger partial charge >= 0.3 is 0 Å². The Labute approximate surface area is 116 Å². The number of carbonyl (C=O) groups is 1. The quantitative estimate of drug-likeness (QED) is 0.855. The maximum Gasteiger partial charge on any atom is 0.238 e. The summed E-state index contributed by atoms with van der Waals surface area (Å²) in [6.07, 6.45) is 0. The largest absolute Gasteiger partial charge is 0.325 e. The minimum atomic E-state index is 0.00459. The van der Waals surface area contributed by atoms with Gasteiger partial charge in [-0.05, 0) is 36.9 Å². The van der Waals surface area contributed by atoms with Gasteiger partial charge in [0.05, 0.1) is 6.54 Å². The fraction of sp³-hybridized carbons (Fsp3) is 0.562. The highest BCUT2D eigenvalue weighted by molar-refractivity contribution is 5.92. The summed E-state index contributed by atoms with van der Waals surface area (Å²) in [6, 6.07) is 7.82. The average Bonchev–Trinajstić information content (AvgIpc) is 2.31. The van der Waals surface area contributed by atoms with Crippen molar-refractivity contribution in [3.8, 4) is 0 Å². The van der Waals surface area contributed by atoms with Gasteiger partial charge in [0.2, 0.25) is 5.91 Å². The molecule has 0 aliphatic heterocycles. The molecule has 106 valence electrons. The molecule has 0 spiro atoms. The number of rotatable bonds is 5. The lowest BCUT2D eigenvalue weighted by atomic mass is 9.82. The second-order valence-corrected chi connectivity index (χ2v) is 6.31.